The zero-order valence-corrected chi connectivity index (χ0v) is 22.8. The Kier molecular flexibility index (Phi) is 8.08. The van der Waals surface area contributed by atoms with E-state index in [1.54, 1.807) is 4.90 Å². The molecule has 2 aliphatic heterocycles. The van der Waals surface area contributed by atoms with Gasteiger partial charge in [-0.15, -0.1) is 0 Å². The van der Waals surface area contributed by atoms with Crippen LogP contribution in [0.15, 0.2) is 59.6 Å². The van der Waals surface area contributed by atoms with Crippen LogP contribution in [-0.4, -0.2) is 50.8 Å². The van der Waals surface area contributed by atoms with Gasteiger partial charge in [-0.1, -0.05) is 55.5 Å². The van der Waals surface area contributed by atoms with Gasteiger partial charge in [0.05, 0.1) is 29.8 Å². The molecule has 1 amide bonds. The van der Waals surface area contributed by atoms with Crippen LogP contribution < -0.4 is 4.74 Å². The van der Waals surface area contributed by atoms with E-state index >= 15 is 0 Å². The lowest BCUT2D eigenvalue weighted by atomic mass is 10.0. The molecule has 0 saturated carbocycles. The molecule has 1 atom stereocenters. The van der Waals surface area contributed by atoms with Crippen LogP contribution in [0.4, 0.5) is 0 Å². The first kappa shape index (κ1) is 25.7. The van der Waals surface area contributed by atoms with E-state index in [-0.39, 0.29) is 12.0 Å². The first-order valence-corrected chi connectivity index (χ1v) is 14.0. The molecule has 0 aliphatic carbocycles. The summed E-state index contributed by atoms with van der Waals surface area (Å²) >= 11 is 6.91. The van der Waals surface area contributed by atoms with E-state index in [4.69, 9.17) is 26.8 Å². The van der Waals surface area contributed by atoms with Crippen molar-refractivity contribution in [3.8, 4) is 22.7 Å². The number of amides is 1. The van der Waals surface area contributed by atoms with E-state index in [1.807, 2.05) is 59.4 Å². The molecular formula is C29H31N3O3S2. The maximum absolute atomic E-state index is 13.3. The summed E-state index contributed by atoms with van der Waals surface area (Å²) in [5.41, 5.74) is 4.63. The molecule has 192 valence electrons. The Balaban J connectivity index is 1.48. The van der Waals surface area contributed by atoms with Crippen LogP contribution in [-0.2, 0) is 9.53 Å². The second kappa shape index (κ2) is 11.6. The number of ether oxygens (including phenoxy) is 2. The Morgan fingerprint density at radius 1 is 1.24 bits per heavy atom. The van der Waals surface area contributed by atoms with Crippen LogP contribution in [0.25, 0.3) is 23.0 Å². The highest BCUT2D eigenvalue weighted by Gasteiger charge is 2.35. The fourth-order valence-electron chi connectivity index (χ4n) is 4.51. The molecule has 3 aromatic rings. The minimum Gasteiger partial charge on any atom is -0.493 e. The third kappa shape index (κ3) is 5.81. The SMILES string of the molecule is CCCCOc1ccc(-c2nn(-c3ccccc3)cc2/C=C2\SC(=S)N(CC3CCCO3)C2=O)cc1C. The van der Waals surface area contributed by atoms with Gasteiger partial charge in [-0.2, -0.15) is 5.10 Å². The molecule has 1 unspecified atom stereocenters. The minimum absolute atomic E-state index is 0.0549. The topological polar surface area (TPSA) is 56.6 Å². The summed E-state index contributed by atoms with van der Waals surface area (Å²) in [6.07, 6.45) is 8.05. The number of thiocarbonyl (C=S) groups is 1. The van der Waals surface area contributed by atoms with E-state index in [0.29, 0.717) is 22.4 Å². The molecule has 37 heavy (non-hydrogen) atoms. The summed E-state index contributed by atoms with van der Waals surface area (Å²) in [6.45, 7) is 6.17. The molecule has 3 heterocycles. The zero-order valence-electron chi connectivity index (χ0n) is 21.2. The van der Waals surface area contributed by atoms with Crippen LogP contribution in [0.5, 0.6) is 5.75 Å². The molecular weight excluding hydrogens is 502 g/mol. The Bertz CT molecular complexity index is 1310. The Morgan fingerprint density at radius 3 is 2.81 bits per heavy atom. The van der Waals surface area contributed by atoms with Crippen molar-refractivity contribution in [1.29, 1.82) is 0 Å². The summed E-state index contributed by atoms with van der Waals surface area (Å²) in [5, 5.41) is 4.93. The molecule has 1 aromatic heterocycles. The Morgan fingerprint density at radius 2 is 2.08 bits per heavy atom. The van der Waals surface area contributed by atoms with Gasteiger partial charge in [0.15, 0.2) is 0 Å². The predicted molar refractivity (Wildman–Crippen MR) is 153 cm³/mol. The largest absolute Gasteiger partial charge is 0.493 e. The lowest BCUT2D eigenvalue weighted by Gasteiger charge is -2.18. The number of rotatable bonds is 9. The number of hydrogen-bond acceptors (Lipinski definition) is 6. The van der Waals surface area contributed by atoms with E-state index in [2.05, 4.69) is 19.9 Å². The highest BCUT2D eigenvalue weighted by atomic mass is 32.2. The van der Waals surface area contributed by atoms with E-state index < -0.39 is 0 Å². The molecule has 2 saturated heterocycles. The fourth-order valence-corrected chi connectivity index (χ4v) is 5.77. The maximum atomic E-state index is 13.3. The zero-order chi connectivity index (χ0) is 25.8. The number of carbonyl (C=O) groups excluding carboxylic acids is 1. The molecule has 0 N–H and O–H groups in total. The van der Waals surface area contributed by atoms with Crippen molar-refractivity contribution in [3.05, 3.63) is 70.8 Å². The van der Waals surface area contributed by atoms with Crippen LogP contribution in [0.1, 0.15) is 43.7 Å². The minimum atomic E-state index is -0.0697. The summed E-state index contributed by atoms with van der Waals surface area (Å²) in [4.78, 5) is 15.6. The first-order valence-electron chi connectivity index (χ1n) is 12.8. The summed E-state index contributed by atoms with van der Waals surface area (Å²) in [5.74, 6) is 0.816. The highest BCUT2D eigenvalue weighted by molar-refractivity contribution is 8.26. The number of aromatic nitrogens is 2. The number of aryl methyl sites for hydroxylation is 1. The van der Waals surface area contributed by atoms with Gasteiger partial charge < -0.3 is 9.47 Å². The summed E-state index contributed by atoms with van der Waals surface area (Å²) < 4.78 is 14.1. The highest BCUT2D eigenvalue weighted by Crippen LogP contribution is 2.36. The maximum Gasteiger partial charge on any atom is 0.266 e. The number of nitrogens with zero attached hydrogens (tertiary/aromatic N) is 3. The van der Waals surface area contributed by atoms with Crippen LogP contribution in [0.2, 0.25) is 0 Å². The number of benzene rings is 2. The molecule has 2 fully saturated rings. The molecule has 5 rings (SSSR count). The average molecular weight is 534 g/mol. The monoisotopic (exact) mass is 533 g/mol. The van der Waals surface area contributed by atoms with Gasteiger partial charge in [-0.3, -0.25) is 9.69 Å². The molecule has 8 heteroatoms. The third-order valence-corrected chi connectivity index (χ3v) is 7.92. The average Bonchev–Trinajstić information content (AvgIpc) is 3.63. The van der Waals surface area contributed by atoms with Crippen molar-refractivity contribution in [3.63, 3.8) is 0 Å². The molecule has 6 nitrogen and oxygen atoms in total. The molecule has 2 aromatic carbocycles. The van der Waals surface area contributed by atoms with Crippen molar-refractivity contribution < 1.29 is 14.3 Å². The van der Waals surface area contributed by atoms with Crippen molar-refractivity contribution in [2.24, 2.45) is 0 Å². The van der Waals surface area contributed by atoms with Crippen LogP contribution in [0, 0.1) is 6.92 Å². The molecule has 0 bridgehead atoms. The Labute approximate surface area is 227 Å². The van der Waals surface area contributed by atoms with Gasteiger partial charge >= 0.3 is 0 Å². The van der Waals surface area contributed by atoms with Crippen LogP contribution >= 0.6 is 24.0 Å². The number of unbranched alkanes of at least 4 members (excludes halogenated alkanes) is 1. The number of thioether (sulfide) groups is 1. The van der Waals surface area contributed by atoms with Gasteiger partial charge in [0.25, 0.3) is 5.91 Å². The van der Waals surface area contributed by atoms with E-state index in [9.17, 15) is 4.79 Å². The van der Waals surface area contributed by atoms with E-state index in [1.165, 1.54) is 11.8 Å². The second-order valence-electron chi connectivity index (χ2n) is 9.32. The van der Waals surface area contributed by atoms with Crippen molar-refractivity contribution in [2.45, 2.75) is 45.6 Å². The lowest BCUT2D eigenvalue weighted by Crippen LogP contribution is -2.35. The van der Waals surface area contributed by atoms with E-state index in [0.717, 1.165) is 66.1 Å². The van der Waals surface area contributed by atoms with Crippen molar-refractivity contribution >= 4 is 40.3 Å². The second-order valence-corrected chi connectivity index (χ2v) is 11.0. The first-order chi connectivity index (χ1) is 18.0. The quantitative estimate of drug-likeness (QED) is 0.180. The van der Waals surface area contributed by atoms with Crippen molar-refractivity contribution in [1.82, 2.24) is 14.7 Å². The van der Waals surface area contributed by atoms with Gasteiger partial charge in [0.2, 0.25) is 0 Å². The Hall–Kier alpha value is -2.94. The van der Waals surface area contributed by atoms with Gasteiger partial charge in [-0.25, -0.2) is 4.68 Å². The van der Waals surface area contributed by atoms with Crippen molar-refractivity contribution in [2.75, 3.05) is 19.8 Å². The van der Waals surface area contributed by atoms with Gasteiger partial charge in [0, 0.05) is 23.9 Å². The fraction of sp³-hybridized carbons (Fsp3) is 0.345. The lowest BCUT2D eigenvalue weighted by molar-refractivity contribution is -0.123. The third-order valence-electron chi connectivity index (χ3n) is 6.54. The molecule has 0 radical (unpaired) electrons. The smallest absolute Gasteiger partial charge is 0.266 e. The summed E-state index contributed by atoms with van der Waals surface area (Å²) in [7, 11) is 0. The number of para-hydroxylation sites is 1. The molecule has 0 spiro atoms. The summed E-state index contributed by atoms with van der Waals surface area (Å²) in [6, 6.07) is 16.1. The predicted octanol–water partition coefficient (Wildman–Crippen LogP) is 6.41. The number of carbonyl (C=O) groups is 1. The number of hydrogen-bond donors (Lipinski definition) is 0. The normalized spacial score (nSPS) is 18.8. The van der Waals surface area contributed by atoms with Gasteiger partial charge in [0.1, 0.15) is 15.8 Å². The standard InChI is InChI=1S/C29H31N3O3S2/c1-3-4-14-35-25-13-12-21(16-20(25)2)27-22(18-32(30-27)23-9-6-5-7-10-23)17-26-28(33)31(29(36)37-26)19-24-11-8-15-34-24/h5-7,9-10,12-13,16-18,24H,3-4,8,11,14-15,19H2,1-2H3/b26-17-. The van der Waals surface area contributed by atoms with Gasteiger partial charge in [-0.05, 0) is 68.2 Å². The molecule has 2 aliphatic rings. The van der Waals surface area contributed by atoms with Crippen LogP contribution in [0.3, 0.4) is 0 Å².